The molecule has 0 saturated carbocycles. The largest absolute Gasteiger partial charge is 0.346 e. The van der Waals surface area contributed by atoms with Gasteiger partial charge in [0, 0.05) is 43.5 Å². The van der Waals surface area contributed by atoms with Crippen molar-refractivity contribution in [1.29, 1.82) is 0 Å². The highest BCUT2D eigenvalue weighted by Crippen LogP contribution is 2.20. The molecule has 3 rings (SSSR count). The van der Waals surface area contributed by atoms with Gasteiger partial charge in [-0.3, -0.25) is 19.2 Å². The lowest BCUT2D eigenvalue weighted by Crippen LogP contribution is -2.40. The SMILES string of the molecule is C[C@@H]1CN(Cc2cnn(C(C)(C)C)c2)C[C@H]1NC(=O)c1ccc(=O)[nH]n1. The van der Waals surface area contributed by atoms with Gasteiger partial charge in [-0.15, -0.1) is 0 Å². The van der Waals surface area contributed by atoms with Crippen molar-refractivity contribution in [3.63, 3.8) is 0 Å². The van der Waals surface area contributed by atoms with Gasteiger partial charge in [-0.2, -0.15) is 10.2 Å². The van der Waals surface area contributed by atoms with Gasteiger partial charge < -0.3 is 5.32 Å². The van der Waals surface area contributed by atoms with E-state index < -0.39 is 0 Å². The predicted octanol–water partition coefficient (Wildman–Crippen LogP) is 0.972. The number of aromatic amines is 1. The molecule has 2 N–H and O–H groups in total. The van der Waals surface area contributed by atoms with Gasteiger partial charge in [0.05, 0.1) is 11.7 Å². The van der Waals surface area contributed by atoms with Gasteiger partial charge in [0.15, 0.2) is 0 Å². The molecule has 0 spiro atoms. The van der Waals surface area contributed by atoms with Gasteiger partial charge in [0.25, 0.3) is 11.5 Å². The molecule has 1 aliphatic heterocycles. The Labute approximate surface area is 152 Å². The van der Waals surface area contributed by atoms with E-state index in [1.54, 1.807) is 0 Å². The second kappa shape index (κ2) is 7.03. The molecule has 140 valence electrons. The van der Waals surface area contributed by atoms with Crippen LogP contribution in [0.4, 0.5) is 0 Å². The van der Waals surface area contributed by atoms with Crippen LogP contribution in [0.15, 0.2) is 29.3 Å². The second-order valence-corrected chi connectivity index (χ2v) is 8.02. The number of nitrogens with zero attached hydrogens (tertiary/aromatic N) is 4. The molecule has 0 aliphatic carbocycles. The lowest BCUT2D eigenvalue weighted by molar-refractivity contribution is 0.0925. The molecule has 1 amide bonds. The van der Waals surface area contributed by atoms with E-state index >= 15 is 0 Å². The third-order valence-electron chi connectivity index (χ3n) is 4.65. The molecule has 0 bridgehead atoms. The number of H-pyrrole nitrogens is 1. The van der Waals surface area contributed by atoms with Crippen molar-refractivity contribution in [2.75, 3.05) is 13.1 Å². The highest BCUT2D eigenvalue weighted by molar-refractivity contribution is 5.92. The number of aromatic nitrogens is 4. The van der Waals surface area contributed by atoms with Crippen molar-refractivity contribution in [2.45, 2.75) is 45.8 Å². The van der Waals surface area contributed by atoms with Crippen LogP contribution in [0.5, 0.6) is 0 Å². The molecule has 8 heteroatoms. The van der Waals surface area contributed by atoms with E-state index in [0.29, 0.717) is 5.92 Å². The third kappa shape index (κ3) is 4.19. The maximum absolute atomic E-state index is 12.3. The zero-order valence-electron chi connectivity index (χ0n) is 15.7. The molecule has 0 aromatic carbocycles. The van der Waals surface area contributed by atoms with E-state index in [1.807, 2.05) is 10.9 Å². The number of carbonyl (C=O) groups excluding carboxylic acids is 1. The first kappa shape index (κ1) is 18.3. The number of rotatable bonds is 4. The molecule has 0 unspecified atom stereocenters. The average Bonchev–Trinajstić information content (AvgIpc) is 3.15. The summed E-state index contributed by atoms with van der Waals surface area (Å²) in [6, 6.07) is 2.79. The predicted molar refractivity (Wildman–Crippen MR) is 97.8 cm³/mol. The van der Waals surface area contributed by atoms with Gasteiger partial charge in [0.2, 0.25) is 0 Å². The summed E-state index contributed by atoms with van der Waals surface area (Å²) in [5.41, 5.74) is 1.04. The van der Waals surface area contributed by atoms with E-state index in [1.165, 1.54) is 17.7 Å². The Hall–Kier alpha value is -2.48. The van der Waals surface area contributed by atoms with E-state index in [-0.39, 0.29) is 28.7 Å². The summed E-state index contributed by atoms with van der Waals surface area (Å²) < 4.78 is 1.98. The zero-order valence-corrected chi connectivity index (χ0v) is 15.7. The van der Waals surface area contributed by atoms with Gasteiger partial charge in [-0.1, -0.05) is 6.92 Å². The molecule has 3 heterocycles. The normalized spacial score (nSPS) is 21.1. The number of likely N-dealkylation sites (tertiary alicyclic amines) is 1. The highest BCUT2D eigenvalue weighted by atomic mass is 16.2. The van der Waals surface area contributed by atoms with E-state index in [2.05, 4.69) is 59.4 Å². The fourth-order valence-corrected chi connectivity index (χ4v) is 3.16. The monoisotopic (exact) mass is 358 g/mol. The van der Waals surface area contributed by atoms with Gasteiger partial charge in [0.1, 0.15) is 5.69 Å². The van der Waals surface area contributed by atoms with Gasteiger partial charge >= 0.3 is 0 Å². The summed E-state index contributed by atoms with van der Waals surface area (Å²) in [5.74, 6) is 0.0693. The average molecular weight is 358 g/mol. The van der Waals surface area contributed by atoms with Crippen LogP contribution in [0.2, 0.25) is 0 Å². The fraction of sp³-hybridized carbons (Fsp3) is 0.556. The van der Waals surface area contributed by atoms with Crippen molar-refractivity contribution in [3.8, 4) is 0 Å². The first-order valence-electron chi connectivity index (χ1n) is 8.85. The molecule has 2 aromatic heterocycles. The summed E-state index contributed by atoms with van der Waals surface area (Å²) in [4.78, 5) is 25.7. The summed E-state index contributed by atoms with van der Waals surface area (Å²) in [6.07, 6.45) is 3.99. The van der Waals surface area contributed by atoms with Crippen LogP contribution < -0.4 is 10.9 Å². The summed E-state index contributed by atoms with van der Waals surface area (Å²) in [5, 5.41) is 13.5. The maximum Gasteiger partial charge on any atom is 0.271 e. The fourth-order valence-electron chi connectivity index (χ4n) is 3.16. The first-order chi connectivity index (χ1) is 12.2. The number of amides is 1. The molecule has 26 heavy (non-hydrogen) atoms. The smallest absolute Gasteiger partial charge is 0.271 e. The van der Waals surface area contributed by atoms with Crippen LogP contribution in [0.25, 0.3) is 0 Å². The van der Waals surface area contributed by atoms with Gasteiger partial charge in [-0.25, -0.2) is 5.10 Å². The molecular formula is C18H26N6O2. The summed E-state index contributed by atoms with van der Waals surface area (Å²) >= 11 is 0. The molecule has 8 nitrogen and oxygen atoms in total. The topological polar surface area (TPSA) is 95.9 Å². The summed E-state index contributed by atoms with van der Waals surface area (Å²) in [6.45, 7) is 11.0. The first-order valence-corrected chi connectivity index (χ1v) is 8.85. The number of hydrogen-bond acceptors (Lipinski definition) is 5. The minimum atomic E-state index is -0.322. The molecule has 1 aliphatic rings. The lowest BCUT2D eigenvalue weighted by atomic mass is 10.1. The Kier molecular flexibility index (Phi) is 4.95. The highest BCUT2D eigenvalue weighted by Gasteiger charge is 2.31. The third-order valence-corrected chi connectivity index (χ3v) is 4.65. The molecular weight excluding hydrogens is 332 g/mol. The second-order valence-electron chi connectivity index (χ2n) is 8.02. The molecule has 1 saturated heterocycles. The Morgan fingerprint density at radius 3 is 2.73 bits per heavy atom. The molecule has 0 radical (unpaired) electrons. The number of carbonyl (C=O) groups is 1. The number of nitrogens with one attached hydrogen (secondary N) is 2. The van der Waals surface area contributed by atoms with Crippen LogP contribution in [0, 0.1) is 5.92 Å². The Bertz CT molecular complexity index is 814. The van der Waals surface area contributed by atoms with Crippen LogP contribution >= 0.6 is 0 Å². The van der Waals surface area contributed by atoms with E-state index in [4.69, 9.17) is 0 Å². The standard InChI is InChI=1S/C18H26N6O2/c1-12-8-23(9-13-7-19-24(10-13)18(2,3)4)11-15(12)20-17(26)14-5-6-16(25)22-21-14/h5-7,10,12,15H,8-9,11H2,1-4H3,(H,20,26)(H,22,25)/t12-,15-/m1/s1. The van der Waals surface area contributed by atoms with Crippen molar-refractivity contribution in [2.24, 2.45) is 5.92 Å². The Morgan fingerprint density at radius 1 is 1.35 bits per heavy atom. The molecule has 2 aromatic rings. The Morgan fingerprint density at radius 2 is 2.12 bits per heavy atom. The minimum Gasteiger partial charge on any atom is -0.346 e. The zero-order chi connectivity index (χ0) is 18.9. The maximum atomic E-state index is 12.3. The Balaban J connectivity index is 1.59. The van der Waals surface area contributed by atoms with Crippen molar-refractivity contribution in [3.05, 3.63) is 46.1 Å². The van der Waals surface area contributed by atoms with Crippen LogP contribution in [0.1, 0.15) is 43.7 Å². The molecule has 1 fully saturated rings. The molecule has 2 atom stereocenters. The van der Waals surface area contributed by atoms with Crippen LogP contribution in [0.3, 0.4) is 0 Å². The van der Waals surface area contributed by atoms with Crippen molar-refractivity contribution < 1.29 is 4.79 Å². The van der Waals surface area contributed by atoms with Gasteiger partial charge in [-0.05, 0) is 32.8 Å². The van der Waals surface area contributed by atoms with Crippen LogP contribution in [-0.4, -0.2) is 49.9 Å². The van der Waals surface area contributed by atoms with Crippen molar-refractivity contribution >= 4 is 5.91 Å². The van der Waals surface area contributed by atoms with Crippen molar-refractivity contribution in [1.82, 2.24) is 30.2 Å². The summed E-state index contributed by atoms with van der Waals surface area (Å²) in [7, 11) is 0. The van der Waals surface area contributed by atoms with Crippen LogP contribution in [-0.2, 0) is 12.1 Å². The minimum absolute atomic E-state index is 0.0310. The van der Waals surface area contributed by atoms with E-state index in [0.717, 1.165) is 19.6 Å². The quantitative estimate of drug-likeness (QED) is 0.849. The number of hydrogen-bond donors (Lipinski definition) is 2. The van der Waals surface area contributed by atoms with E-state index in [9.17, 15) is 9.59 Å². The lowest BCUT2D eigenvalue weighted by Gasteiger charge is -2.19.